The average molecular weight is 377 g/mol. The quantitative estimate of drug-likeness (QED) is 0.613. The van der Waals surface area contributed by atoms with Gasteiger partial charge in [0.05, 0.1) is 24.3 Å². The molecular weight excluding hydrogens is 363 g/mol. The minimum atomic E-state index is -0.546. The molecular formula is C18H14Cl2N2O3. The number of methoxy groups -OCH3 is 2. The Kier molecular flexibility index (Phi) is 6.29. The van der Waals surface area contributed by atoms with Crippen LogP contribution in [0, 0.1) is 11.3 Å². The third kappa shape index (κ3) is 4.66. The van der Waals surface area contributed by atoms with Crippen molar-refractivity contribution in [3.8, 4) is 17.6 Å². The summed E-state index contributed by atoms with van der Waals surface area (Å²) in [6.45, 7) is 0. The summed E-state index contributed by atoms with van der Waals surface area (Å²) in [4.78, 5) is 12.3. The standard InChI is InChI=1S/C18H14Cl2N2O3/c1-24-14-5-3-13(4-6-14)22-18(23)12(10-21)7-11-8-15(19)17(25-2)16(20)9-11/h3-9H,1-2H3,(H,22,23)/b12-7+. The van der Waals surface area contributed by atoms with Gasteiger partial charge in [-0.15, -0.1) is 0 Å². The highest BCUT2D eigenvalue weighted by Gasteiger charge is 2.12. The zero-order valence-corrected chi connectivity index (χ0v) is 15.0. The van der Waals surface area contributed by atoms with Gasteiger partial charge in [-0.05, 0) is 48.0 Å². The van der Waals surface area contributed by atoms with Crippen LogP contribution in [-0.2, 0) is 4.79 Å². The number of carbonyl (C=O) groups excluding carboxylic acids is 1. The molecule has 0 aromatic heterocycles. The Morgan fingerprint density at radius 3 is 2.20 bits per heavy atom. The summed E-state index contributed by atoms with van der Waals surface area (Å²) in [5, 5.41) is 12.5. The maximum Gasteiger partial charge on any atom is 0.266 e. The van der Waals surface area contributed by atoms with Crippen LogP contribution >= 0.6 is 23.2 Å². The highest BCUT2D eigenvalue weighted by Crippen LogP contribution is 2.34. The van der Waals surface area contributed by atoms with E-state index in [1.54, 1.807) is 43.5 Å². The van der Waals surface area contributed by atoms with E-state index in [2.05, 4.69) is 5.32 Å². The third-order valence-electron chi connectivity index (χ3n) is 3.25. The molecule has 2 rings (SSSR count). The fourth-order valence-electron chi connectivity index (χ4n) is 2.05. The van der Waals surface area contributed by atoms with Gasteiger partial charge in [-0.1, -0.05) is 23.2 Å². The number of carbonyl (C=O) groups is 1. The summed E-state index contributed by atoms with van der Waals surface area (Å²) in [6, 6.07) is 11.7. The molecule has 0 fully saturated rings. The van der Waals surface area contributed by atoms with Gasteiger partial charge in [0.1, 0.15) is 17.4 Å². The molecule has 0 spiro atoms. The molecule has 25 heavy (non-hydrogen) atoms. The zero-order chi connectivity index (χ0) is 18.4. The van der Waals surface area contributed by atoms with Crippen LogP contribution in [0.1, 0.15) is 5.56 Å². The molecule has 1 amide bonds. The Hall–Kier alpha value is -2.68. The summed E-state index contributed by atoms with van der Waals surface area (Å²) in [5.41, 5.74) is 0.961. The smallest absolute Gasteiger partial charge is 0.266 e. The van der Waals surface area contributed by atoms with E-state index < -0.39 is 5.91 Å². The van der Waals surface area contributed by atoms with Crippen LogP contribution in [-0.4, -0.2) is 20.1 Å². The van der Waals surface area contributed by atoms with Crippen molar-refractivity contribution in [2.45, 2.75) is 0 Å². The summed E-state index contributed by atoms with van der Waals surface area (Å²) in [5.74, 6) is 0.453. The van der Waals surface area contributed by atoms with Gasteiger partial charge in [0.2, 0.25) is 0 Å². The van der Waals surface area contributed by atoms with Gasteiger partial charge < -0.3 is 14.8 Å². The number of halogens is 2. The van der Waals surface area contributed by atoms with Crippen LogP contribution < -0.4 is 14.8 Å². The number of rotatable bonds is 5. The first-order valence-corrected chi connectivity index (χ1v) is 7.84. The number of nitrogens with zero attached hydrogens (tertiary/aromatic N) is 1. The summed E-state index contributed by atoms with van der Waals surface area (Å²) in [7, 11) is 3.00. The molecule has 5 nitrogen and oxygen atoms in total. The number of ether oxygens (including phenoxy) is 2. The van der Waals surface area contributed by atoms with E-state index in [0.717, 1.165) is 0 Å². The molecule has 0 atom stereocenters. The van der Waals surface area contributed by atoms with E-state index in [9.17, 15) is 10.1 Å². The van der Waals surface area contributed by atoms with Crippen LogP contribution in [0.3, 0.4) is 0 Å². The van der Waals surface area contributed by atoms with Crippen LogP contribution in [0.25, 0.3) is 6.08 Å². The zero-order valence-electron chi connectivity index (χ0n) is 13.5. The molecule has 0 aliphatic carbocycles. The maximum atomic E-state index is 12.3. The van der Waals surface area contributed by atoms with Gasteiger partial charge in [-0.2, -0.15) is 5.26 Å². The molecule has 0 unspecified atom stereocenters. The largest absolute Gasteiger partial charge is 0.497 e. The number of amides is 1. The average Bonchev–Trinajstić information content (AvgIpc) is 2.60. The van der Waals surface area contributed by atoms with Crippen molar-refractivity contribution < 1.29 is 14.3 Å². The predicted molar refractivity (Wildman–Crippen MR) is 98.2 cm³/mol. The first kappa shape index (κ1) is 18.7. The Morgan fingerprint density at radius 2 is 1.72 bits per heavy atom. The van der Waals surface area contributed by atoms with E-state index in [1.807, 2.05) is 6.07 Å². The van der Waals surface area contributed by atoms with Crippen molar-refractivity contribution in [2.24, 2.45) is 0 Å². The molecule has 1 N–H and O–H groups in total. The lowest BCUT2D eigenvalue weighted by Gasteiger charge is -2.08. The van der Waals surface area contributed by atoms with Crippen LogP contribution in [0.15, 0.2) is 42.0 Å². The van der Waals surface area contributed by atoms with Gasteiger partial charge >= 0.3 is 0 Å². The van der Waals surface area contributed by atoms with Crippen molar-refractivity contribution in [3.63, 3.8) is 0 Å². The molecule has 0 bridgehead atoms. The van der Waals surface area contributed by atoms with Gasteiger partial charge in [-0.3, -0.25) is 4.79 Å². The molecule has 0 radical (unpaired) electrons. The van der Waals surface area contributed by atoms with Crippen LogP contribution in [0.4, 0.5) is 5.69 Å². The highest BCUT2D eigenvalue weighted by atomic mass is 35.5. The maximum absolute atomic E-state index is 12.3. The fourth-order valence-corrected chi connectivity index (χ4v) is 2.70. The van der Waals surface area contributed by atoms with Gasteiger partial charge in [0, 0.05) is 5.69 Å². The normalized spacial score (nSPS) is 10.8. The molecule has 2 aromatic carbocycles. The van der Waals surface area contributed by atoms with E-state index in [1.165, 1.54) is 13.2 Å². The molecule has 0 saturated carbocycles. The molecule has 0 heterocycles. The van der Waals surface area contributed by atoms with E-state index >= 15 is 0 Å². The molecule has 0 saturated heterocycles. The van der Waals surface area contributed by atoms with Crippen molar-refractivity contribution in [1.82, 2.24) is 0 Å². The first-order valence-electron chi connectivity index (χ1n) is 7.08. The number of nitrogens with one attached hydrogen (secondary N) is 1. The van der Waals surface area contributed by atoms with Crippen molar-refractivity contribution in [1.29, 1.82) is 5.26 Å². The Bertz CT molecular complexity index is 833. The molecule has 0 aliphatic rings. The minimum Gasteiger partial charge on any atom is -0.497 e. The van der Waals surface area contributed by atoms with Crippen LogP contribution in [0.2, 0.25) is 10.0 Å². The Morgan fingerprint density at radius 1 is 1.12 bits per heavy atom. The minimum absolute atomic E-state index is 0.0897. The second kappa shape index (κ2) is 8.43. The molecule has 2 aromatic rings. The van der Waals surface area contributed by atoms with Crippen molar-refractivity contribution in [2.75, 3.05) is 19.5 Å². The molecule has 0 aliphatic heterocycles. The van der Waals surface area contributed by atoms with Crippen molar-refractivity contribution in [3.05, 3.63) is 57.6 Å². The lowest BCUT2D eigenvalue weighted by atomic mass is 10.1. The predicted octanol–water partition coefficient (Wildman–Crippen LogP) is 4.56. The number of anilines is 1. The monoisotopic (exact) mass is 376 g/mol. The summed E-state index contributed by atoms with van der Waals surface area (Å²) >= 11 is 12.1. The SMILES string of the molecule is COc1ccc(NC(=O)/C(C#N)=C/c2cc(Cl)c(OC)c(Cl)c2)cc1. The summed E-state index contributed by atoms with van der Waals surface area (Å²) in [6.07, 6.45) is 1.40. The third-order valence-corrected chi connectivity index (χ3v) is 3.81. The molecule has 7 heteroatoms. The van der Waals surface area contributed by atoms with E-state index in [0.29, 0.717) is 22.7 Å². The second-order valence-corrected chi connectivity index (χ2v) is 5.68. The Labute approximate surface area is 155 Å². The highest BCUT2D eigenvalue weighted by molar-refractivity contribution is 6.37. The van der Waals surface area contributed by atoms with E-state index in [4.69, 9.17) is 32.7 Å². The number of benzene rings is 2. The van der Waals surface area contributed by atoms with Crippen molar-refractivity contribution >= 4 is 40.9 Å². The lowest BCUT2D eigenvalue weighted by Crippen LogP contribution is -2.13. The second-order valence-electron chi connectivity index (χ2n) is 4.87. The van der Waals surface area contributed by atoms with Gasteiger partial charge in [-0.25, -0.2) is 0 Å². The topological polar surface area (TPSA) is 71.3 Å². The first-order chi connectivity index (χ1) is 12.0. The fraction of sp³-hybridized carbons (Fsp3) is 0.111. The lowest BCUT2D eigenvalue weighted by molar-refractivity contribution is -0.112. The summed E-state index contributed by atoms with van der Waals surface area (Å²) < 4.78 is 10.1. The molecule has 128 valence electrons. The number of hydrogen-bond acceptors (Lipinski definition) is 4. The van der Waals surface area contributed by atoms with E-state index in [-0.39, 0.29) is 15.6 Å². The number of hydrogen-bond donors (Lipinski definition) is 1. The van der Waals surface area contributed by atoms with Gasteiger partial charge in [0.15, 0.2) is 5.75 Å². The van der Waals surface area contributed by atoms with Crippen LogP contribution in [0.5, 0.6) is 11.5 Å². The van der Waals surface area contributed by atoms with Gasteiger partial charge in [0.25, 0.3) is 5.91 Å². The Balaban J connectivity index is 2.24. The number of nitriles is 1.